The van der Waals surface area contributed by atoms with E-state index < -0.39 is 12.2 Å². The molecule has 156 valence electrons. The van der Waals surface area contributed by atoms with Gasteiger partial charge in [-0.15, -0.1) is 5.73 Å². The number of hydrogen-bond donors (Lipinski definition) is 2. The summed E-state index contributed by atoms with van der Waals surface area (Å²) in [7, 11) is 1.34. The Balaban J connectivity index is 1.86. The summed E-state index contributed by atoms with van der Waals surface area (Å²) in [5, 5.41) is 20.3. The minimum atomic E-state index is -0.840. The van der Waals surface area contributed by atoms with Crippen LogP contribution in [0, 0.1) is 11.8 Å². The van der Waals surface area contributed by atoms with Crippen LogP contribution in [0.4, 0.5) is 0 Å². The summed E-state index contributed by atoms with van der Waals surface area (Å²) in [5.41, 5.74) is 2.97. The van der Waals surface area contributed by atoms with E-state index in [0.717, 1.165) is 0 Å². The Kier molecular flexibility index (Phi) is 9.38. The fraction of sp³-hybridized carbons (Fsp3) is 0.435. The first-order chi connectivity index (χ1) is 14.0. The highest BCUT2D eigenvalue weighted by molar-refractivity contribution is 5.84. The summed E-state index contributed by atoms with van der Waals surface area (Å²) in [6.45, 7) is 0.0881. The second kappa shape index (κ2) is 12.0. The molecule has 6 heteroatoms. The molecule has 1 fully saturated rings. The third-order valence-corrected chi connectivity index (χ3v) is 4.78. The summed E-state index contributed by atoms with van der Waals surface area (Å²) in [6.07, 6.45) is 6.48. The van der Waals surface area contributed by atoms with Gasteiger partial charge < -0.3 is 19.7 Å². The maximum absolute atomic E-state index is 12.2. The van der Waals surface area contributed by atoms with Gasteiger partial charge in [0.25, 0.3) is 0 Å². The zero-order valence-corrected chi connectivity index (χ0v) is 16.6. The molecule has 0 aromatic heterocycles. The van der Waals surface area contributed by atoms with E-state index in [1.165, 1.54) is 7.11 Å². The number of allylic oxidation sites excluding steroid dienone is 1. The van der Waals surface area contributed by atoms with Gasteiger partial charge in [-0.3, -0.25) is 9.59 Å². The molecular formula is C23H28O6. The number of hydrogen-bond acceptors (Lipinski definition) is 6. The molecule has 29 heavy (non-hydrogen) atoms. The standard InChI is InChI=1S/C23H28O6/c1-28-23(27)12-8-3-2-7-11-19-20(22(26)15-21(19)25)14-13-17(24)16-29-18-9-5-4-6-10-18/h3-7,9-10,13-14,17,19-20,22,24,26H,8,11-12,15-16H2,1H3/b14-13+/t2?,17?,19-,20-,22-/m1/s1. The molecule has 0 aliphatic heterocycles. The lowest BCUT2D eigenvalue weighted by atomic mass is 9.90. The number of aliphatic hydroxyl groups excluding tert-OH is 2. The third-order valence-electron chi connectivity index (χ3n) is 4.78. The average molecular weight is 400 g/mol. The molecule has 4 atom stereocenters. The molecule has 0 heterocycles. The van der Waals surface area contributed by atoms with Crippen LogP contribution in [0.25, 0.3) is 0 Å². The molecule has 1 aliphatic rings. The van der Waals surface area contributed by atoms with Gasteiger partial charge in [-0.25, -0.2) is 0 Å². The van der Waals surface area contributed by atoms with E-state index in [0.29, 0.717) is 18.6 Å². The molecule has 0 bridgehead atoms. The number of para-hydroxylation sites is 1. The van der Waals surface area contributed by atoms with Crippen LogP contribution in [0.3, 0.4) is 0 Å². The first-order valence-electron chi connectivity index (χ1n) is 9.72. The largest absolute Gasteiger partial charge is 0.491 e. The highest BCUT2D eigenvalue weighted by atomic mass is 16.5. The van der Waals surface area contributed by atoms with Crippen molar-refractivity contribution >= 4 is 11.8 Å². The van der Waals surface area contributed by atoms with Gasteiger partial charge >= 0.3 is 5.97 Å². The second-order valence-corrected chi connectivity index (χ2v) is 6.92. The number of methoxy groups -OCH3 is 1. The van der Waals surface area contributed by atoms with Crippen LogP contribution in [0.5, 0.6) is 5.75 Å². The van der Waals surface area contributed by atoms with E-state index in [1.54, 1.807) is 36.4 Å². The van der Waals surface area contributed by atoms with Crippen LogP contribution in [0.2, 0.25) is 0 Å². The Morgan fingerprint density at radius 1 is 1.31 bits per heavy atom. The molecule has 0 amide bonds. The highest BCUT2D eigenvalue weighted by Gasteiger charge is 2.39. The molecular weight excluding hydrogens is 372 g/mol. The van der Waals surface area contributed by atoms with Crippen molar-refractivity contribution < 1.29 is 29.3 Å². The summed E-state index contributed by atoms with van der Waals surface area (Å²) in [4.78, 5) is 23.2. The van der Waals surface area contributed by atoms with Crippen molar-refractivity contribution in [2.45, 2.75) is 37.9 Å². The zero-order valence-electron chi connectivity index (χ0n) is 16.6. The number of ketones is 1. The van der Waals surface area contributed by atoms with Crippen molar-refractivity contribution in [3.05, 3.63) is 60.4 Å². The van der Waals surface area contributed by atoms with Gasteiger partial charge in [-0.2, -0.15) is 0 Å². The van der Waals surface area contributed by atoms with Crippen molar-refractivity contribution in [3.8, 4) is 5.75 Å². The predicted molar refractivity (Wildman–Crippen MR) is 108 cm³/mol. The lowest BCUT2D eigenvalue weighted by Crippen LogP contribution is -2.20. The van der Waals surface area contributed by atoms with Gasteiger partial charge in [0.15, 0.2) is 0 Å². The summed E-state index contributed by atoms with van der Waals surface area (Å²) in [5.74, 6) is -0.336. The molecule has 0 saturated heterocycles. The van der Waals surface area contributed by atoms with Gasteiger partial charge in [-0.1, -0.05) is 30.4 Å². The van der Waals surface area contributed by atoms with Crippen molar-refractivity contribution in [1.82, 2.24) is 0 Å². The van der Waals surface area contributed by atoms with Crippen LogP contribution < -0.4 is 4.74 Å². The van der Waals surface area contributed by atoms with Crippen molar-refractivity contribution in [2.24, 2.45) is 11.8 Å². The molecule has 1 saturated carbocycles. The average Bonchev–Trinajstić information content (AvgIpc) is 3.00. The smallest absolute Gasteiger partial charge is 0.305 e. The number of rotatable bonds is 10. The molecule has 6 nitrogen and oxygen atoms in total. The molecule has 2 N–H and O–H groups in total. The SMILES string of the molecule is COC(=O)CCC=C=CC[C@H]1C(=O)C[C@@H](O)[C@@H]1/C=C/C(O)COc1ccccc1. The van der Waals surface area contributed by atoms with Crippen molar-refractivity contribution in [1.29, 1.82) is 0 Å². The van der Waals surface area contributed by atoms with Gasteiger partial charge in [0.05, 0.1) is 13.2 Å². The number of aliphatic hydroxyl groups is 2. The monoisotopic (exact) mass is 400 g/mol. The van der Waals surface area contributed by atoms with E-state index in [1.807, 2.05) is 18.2 Å². The fourth-order valence-corrected chi connectivity index (χ4v) is 3.19. The van der Waals surface area contributed by atoms with E-state index in [9.17, 15) is 19.8 Å². The van der Waals surface area contributed by atoms with E-state index >= 15 is 0 Å². The number of Topliss-reactive ketones (excluding diaryl/α,β-unsaturated/α-hetero) is 1. The summed E-state index contributed by atoms with van der Waals surface area (Å²) >= 11 is 0. The van der Waals surface area contributed by atoms with Gasteiger partial charge in [0.2, 0.25) is 0 Å². The zero-order chi connectivity index (χ0) is 21.1. The Bertz CT molecular complexity index is 748. The number of esters is 1. The molecule has 1 unspecified atom stereocenters. The first-order valence-corrected chi connectivity index (χ1v) is 9.72. The number of benzene rings is 1. The molecule has 1 aromatic carbocycles. The van der Waals surface area contributed by atoms with Crippen LogP contribution in [0.15, 0.2) is 60.4 Å². The summed E-state index contributed by atoms with van der Waals surface area (Å²) in [6, 6.07) is 9.18. The van der Waals surface area contributed by atoms with Crippen molar-refractivity contribution in [2.75, 3.05) is 13.7 Å². The third kappa shape index (κ3) is 7.70. The quantitative estimate of drug-likeness (QED) is 0.356. The first kappa shape index (κ1) is 22.6. The predicted octanol–water partition coefficient (Wildman–Crippen LogP) is 2.60. The summed E-state index contributed by atoms with van der Waals surface area (Å²) < 4.78 is 10.1. The number of ether oxygens (including phenoxy) is 2. The van der Waals surface area contributed by atoms with Crippen LogP contribution in [-0.4, -0.2) is 47.9 Å². The Morgan fingerprint density at radius 3 is 2.79 bits per heavy atom. The van der Waals surface area contributed by atoms with E-state index in [2.05, 4.69) is 10.5 Å². The lowest BCUT2D eigenvalue weighted by Gasteiger charge is -2.16. The van der Waals surface area contributed by atoms with E-state index in [-0.39, 0.29) is 43.0 Å². The Labute approximate surface area is 171 Å². The van der Waals surface area contributed by atoms with Crippen LogP contribution >= 0.6 is 0 Å². The molecule has 0 spiro atoms. The van der Waals surface area contributed by atoms with Crippen molar-refractivity contribution in [3.63, 3.8) is 0 Å². The van der Waals surface area contributed by atoms with E-state index in [4.69, 9.17) is 4.74 Å². The minimum Gasteiger partial charge on any atom is -0.491 e. The van der Waals surface area contributed by atoms with Gasteiger partial charge in [-0.05, 0) is 37.1 Å². The number of carbonyl (C=O) groups is 2. The molecule has 0 radical (unpaired) electrons. The molecule has 1 aliphatic carbocycles. The fourth-order valence-electron chi connectivity index (χ4n) is 3.19. The highest BCUT2D eigenvalue weighted by Crippen LogP contribution is 2.33. The minimum absolute atomic E-state index is 0.00483. The Hall–Kier alpha value is -2.66. The van der Waals surface area contributed by atoms with Crippen LogP contribution in [-0.2, 0) is 14.3 Å². The number of carbonyl (C=O) groups excluding carboxylic acids is 2. The van der Waals surface area contributed by atoms with Crippen LogP contribution in [0.1, 0.15) is 25.7 Å². The Morgan fingerprint density at radius 2 is 2.07 bits per heavy atom. The van der Waals surface area contributed by atoms with Gasteiger partial charge in [0.1, 0.15) is 24.2 Å². The second-order valence-electron chi connectivity index (χ2n) is 6.92. The maximum atomic E-state index is 12.2. The maximum Gasteiger partial charge on any atom is 0.305 e. The normalized spacial score (nSPS) is 22.2. The molecule has 2 rings (SSSR count). The lowest BCUT2D eigenvalue weighted by molar-refractivity contribution is -0.140. The van der Waals surface area contributed by atoms with Gasteiger partial charge in [0, 0.05) is 24.7 Å². The topological polar surface area (TPSA) is 93.1 Å². The molecule has 1 aromatic rings.